The number of hydrogen-bond acceptors (Lipinski definition) is 4. The summed E-state index contributed by atoms with van der Waals surface area (Å²) in [4.78, 5) is 25.7. The van der Waals surface area contributed by atoms with Crippen LogP contribution in [-0.2, 0) is 19.1 Å². The predicted molar refractivity (Wildman–Crippen MR) is 94.7 cm³/mol. The number of benzene rings is 1. The lowest BCUT2D eigenvalue weighted by Crippen LogP contribution is -2.40. The molecule has 0 atom stereocenters. The van der Waals surface area contributed by atoms with Gasteiger partial charge in [-0.05, 0) is 24.6 Å². The summed E-state index contributed by atoms with van der Waals surface area (Å²) in [6.07, 6.45) is 0.735. The first-order valence-electron chi connectivity index (χ1n) is 7.57. The lowest BCUT2D eigenvalue weighted by atomic mass is 10.3. The quantitative estimate of drug-likeness (QED) is 0.637. The summed E-state index contributed by atoms with van der Waals surface area (Å²) in [5, 5.41) is 3.49. The fourth-order valence-corrected chi connectivity index (χ4v) is 2.36. The normalized spacial score (nSPS) is 10.5. The first-order valence-corrected chi connectivity index (χ1v) is 8.32. The van der Waals surface area contributed by atoms with Crippen LogP contribution in [-0.4, -0.2) is 56.7 Å². The minimum absolute atomic E-state index is 0.0702. The van der Waals surface area contributed by atoms with Crippen molar-refractivity contribution in [1.82, 2.24) is 4.90 Å². The highest BCUT2D eigenvalue weighted by Crippen LogP contribution is 2.25. The van der Waals surface area contributed by atoms with Crippen molar-refractivity contribution >= 4 is 40.7 Å². The van der Waals surface area contributed by atoms with E-state index in [1.807, 2.05) is 6.92 Å². The van der Waals surface area contributed by atoms with E-state index < -0.39 is 0 Å². The molecule has 0 saturated heterocycles. The van der Waals surface area contributed by atoms with E-state index in [2.05, 4.69) is 5.32 Å². The standard InChI is InChI=1S/C16H22Cl2N2O4/c1-3-6-20(16(22)11-24-8-7-23-2)10-15(21)19-14-5-4-12(17)9-13(14)18/h4-5,9H,3,6-8,10-11H2,1-2H3,(H,19,21). The van der Waals surface area contributed by atoms with E-state index in [0.717, 1.165) is 6.42 Å². The second kappa shape index (κ2) is 11.3. The first kappa shape index (κ1) is 20.7. The lowest BCUT2D eigenvalue weighted by molar-refractivity contribution is -0.139. The van der Waals surface area contributed by atoms with Crippen molar-refractivity contribution in [1.29, 1.82) is 0 Å². The number of amides is 2. The van der Waals surface area contributed by atoms with Crippen molar-refractivity contribution in [3.05, 3.63) is 28.2 Å². The van der Waals surface area contributed by atoms with Crippen LogP contribution in [0.3, 0.4) is 0 Å². The van der Waals surface area contributed by atoms with Crippen molar-refractivity contribution < 1.29 is 19.1 Å². The van der Waals surface area contributed by atoms with Crippen LogP contribution in [0.2, 0.25) is 10.0 Å². The molecule has 0 saturated carbocycles. The first-order chi connectivity index (χ1) is 11.5. The predicted octanol–water partition coefficient (Wildman–Crippen LogP) is 2.83. The number of carbonyl (C=O) groups is 2. The Labute approximate surface area is 152 Å². The number of hydrogen-bond donors (Lipinski definition) is 1. The second-order valence-corrected chi connectivity index (χ2v) is 5.88. The lowest BCUT2D eigenvalue weighted by Gasteiger charge is -2.21. The van der Waals surface area contributed by atoms with Gasteiger partial charge in [0, 0.05) is 18.7 Å². The molecule has 1 aromatic rings. The van der Waals surface area contributed by atoms with Gasteiger partial charge in [-0.15, -0.1) is 0 Å². The molecule has 0 spiro atoms. The Balaban J connectivity index is 2.56. The molecule has 0 aromatic heterocycles. The summed E-state index contributed by atoms with van der Waals surface area (Å²) < 4.78 is 10.1. The highest BCUT2D eigenvalue weighted by molar-refractivity contribution is 6.36. The van der Waals surface area contributed by atoms with Crippen molar-refractivity contribution in [3.63, 3.8) is 0 Å². The van der Waals surface area contributed by atoms with Gasteiger partial charge in [-0.2, -0.15) is 0 Å². The van der Waals surface area contributed by atoms with Gasteiger partial charge >= 0.3 is 0 Å². The molecular weight excluding hydrogens is 355 g/mol. The van der Waals surface area contributed by atoms with Crippen LogP contribution in [0.15, 0.2) is 18.2 Å². The van der Waals surface area contributed by atoms with E-state index in [0.29, 0.717) is 35.5 Å². The minimum atomic E-state index is -0.335. The van der Waals surface area contributed by atoms with E-state index >= 15 is 0 Å². The van der Waals surface area contributed by atoms with Crippen LogP contribution in [0, 0.1) is 0 Å². The zero-order valence-corrected chi connectivity index (χ0v) is 15.3. The Kier molecular flexibility index (Phi) is 9.71. The average molecular weight is 377 g/mol. The van der Waals surface area contributed by atoms with E-state index in [9.17, 15) is 9.59 Å². The molecule has 6 nitrogen and oxygen atoms in total. The average Bonchev–Trinajstić information content (AvgIpc) is 2.53. The molecule has 1 rings (SSSR count). The number of carbonyl (C=O) groups excluding carboxylic acids is 2. The molecule has 2 amide bonds. The highest BCUT2D eigenvalue weighted by Gasteiger charge is 2.17. The Morgan fingerprint density at radius 3 is 2.62 bits per heavy atom. The Hall–Kier alpha value is -1.34. The van der Waals surface area contributed by atoms with Gasteiger partial charge in [-0.3, -0.25) is 9.59 Å². The van der Waals surface area contributed by atoms with E-state index in [4.69, 9.17) is 32.7 Å². The van der Waals surface area contributed by atoms with Gasteiger partial charge in [0.25, 0.3) is 0 Å². The Bertz CT molecular complexity index is 555. The summed E-state index contributed by atoms with van der Waals surface area (Å²) in [5.74, 6) is -0.580. The molecule has 1 N–H and O–H groups in total. The summed E-state index contributed by atoms with van der Waals surface area (Å²) in [7, 11) is 1.56. The summed E-state index contributed by atoms with van der Waals surface area (Å²) in [5.41, 5.74) is 0.450. The van der Waals surface area contributed by atoms with Crippen LogP contribution >= 0.6 is 23.2 Å². The number of halogens is 2. The summed E-state index contributed by atoms with van der Waals surface area (Å²) in [6, 6.07) is 4.78. The SMILES string of the molecule is CCCN(CC(=O)Nc1ccc(Cl)cc1Cl)C(=O)COCCOC. The number of nitrogens with zero attached hydrogens (tertiary/aromatic N) is 1. The second-order valence-electron chi connectivity index (χ2n) is 5.03. The molecule has 24 heavy (non-hydrogen) atoms. The third-order valence-corrected chi connectivity index (χ3v) is 3.59. The largest absolute Gasteiger partial charge is 0.382 e. The Morgan fingerprint density at radius 2 is 2.00 bits per heavy atom. The molecule has 0 radical (unpaired) electrons. The van der Waals surface area contributed by atoms with Crippen LogP contribution in [0.25, 0.3) is 0 Å². The van der Waals surface area contributed by atoms with Crippen LogP contribution in [0.5, 0.6) is 0 Å². The topological polar surface area (TPSA) is 67.9 Å². The number of anilines is 1. The van der Waals surface area contributed by atoms with Crippen molar-refractivity contribution in [3.8, 4) is 0 Å². The van der Waals surface area contributed by atoms with Crippen LogP contribution in [0.1, 0.15) is 13.3 Å². The molecule has 0 aliphatic rings. The molecule has 0 bridgehead atoms. The van der Waals surface area contributed by atoms with E-state index in [1.165, 1.54) is 11.0 Å². The van der Waals surface area contributed by atoms with Crippen LogP contribution < -0.4 is 5.32 Å². The number of nitrogens with one attached hydrogen (secondary N) is 1. The summed E-state index contributed by atoms with van der Waals surface area (Å²) in [6.45, 7) is 2.98. The van der Waals surface area contributed by atoms with Gasteiger partial charge in [0.1, 0.15) is 6.61 Å². The molecule has 0 aliphatic heterocycles. The number of rotatable bonds is 10. The Morgan fingerprint density at radius 1 is 1.25 bits per heavy atom. The van der Waals surface area contributed by atoms with Gasteiger partial charge < -0.3 is 19.7 Å². The molecule has 134 valence electrons. The molecule has 0 fully saturated rings. The highest BCUT2D eigenvalue weighted by atomic mass is 35.5. The van der Waals surface area contributed by atoms with Crippen molar-refractivity contribution in [2.45, 2.75) is 13.3 Å². The van der Waals surface area contributed by atoms with Gasteiger partial charge in [0.15, 0.2) is 0 Å². The molecule has 0 unspecified atom stereocenters. The monoisotopic (exact) mass is 376 g/mol. The van der Waals surface area contributed by atoms with Crippen molar-refractivity contribution in [2.75, 3.05) is 45.3 Å². The fourth-order valence-electron chi connectivity index (χ4n) is 1.91. The minimum Gasteiger partial charge on any atom is -0.382 e. The maximum Gasteiger partial charge on any atom is 0.249 e. The van der Waals surface area contributed by atoms with Gasteiger partial charge in [0.2, 0.25) is 11.8 Å². The third kappa shape index (κ3) is 7.49. The number of ether oxygens (including phenoxy) is 2. The zero-order chi connectivity index (χ0) is 17.9. The van der Waals surface area contributed by atoms with E-state index in [-0.39, 0.29) is 25.0 Å². The smallest absolute Gasteiger partial charge is 0.249 e. The molecule has 8 heteroatoms. The van der Waals surface area contributed by atoms with Crippen molar-refractivity contribution in [2.24, 2.45) is 0 Å². The maximum atomic E-state index is 12.2. The fraction of sp³-hybridized carbons (Fsp3) is 0.500. The molecule has 1 aromatic carbocycles. The number of methoxy groups -OCH3 is 1. The van der Waals surface area contributed by atoms with E-state index in [1.54, 1.807) is 19.2 Å². The van der Waals surface area contributed by atoms with Gasteiger partial charge in [-0.1, -0.05) is 30.1 Å². The van der Waals surface area contributed by atoms with Gasteiger partial charge in [-0.25, -0.2) is 0 Å². The molecule has 0 heterocycles. The molecular formula is C16H22Cl2N2O4. The maximum absolute atomic E-state index is 12.2. The van der Waals surface area contributed by atoms with Gasteiger partial charge in [0.05, 0.1) is 30.5 Å². The zero-order valence-electron chi connectivity index (χ0n) is 13.8. The van der Waals surface area contributed by atoms with Crippen LogP contribution in [0.4, 0.5) is 5.69 Å². The molecule has 0 aliphatic carbocycles. The summed E-state index contributed by atoms with van der Waals surface area (Å²) >= 11 is 11.8. The third-order valence-electron chi connectivity index (χ3n) is 3.04.